The first-order chi connectivity index (χ1) is 5.43. The van der Waals surface area contributed by atoms with Gasteiger partial charge >= 0.3 is 0 Å². The highest BCUT2D eigenvalue weighted by molar-refractivity contribution is 4.75. The van der Waals surface area contributed by atoms with E-state index in [0.717, 1.165) is 45.7 Å². The van der Waals surface area contributed by atoms with Crippen molar-refractivity contribution in [2.75, 3.05) is 32.8 Å². The first kappa shape index (κ1) is 8.58. The molecule has 0 aromatic carbocycles. The predicted molar refractivity (Wildman–Crippen MR) is 43.6 cm³/mol. The Labute approximate surface area is 68.5 Å². The maximum absolute atomic E-state index is 6.73. The van der Waals surface area contributed by atoms with Crippen LogP contribution in [0.1, 0.15) is 12.8 Å². The molecular formula is C9H14NO. The summed E-state index contributed by atoms with van der Waals surface area (Å²) in [6.07, 6.45) is 8.57. The number of nitrogens with zero attached hydrogens (tertiary/aromatic N) is 1. The topological polar surface area (TPSA) is 12.5 Å². The Morgan fingerprint density at radius 3 is 2.73 bits per heavy atom. The van der Waals surface area contributed by atoms with E-state index in [1.807, 2.05) is 0 Å². The van der Waals surface area contributed by atoms with Crippen LogP contribution in [0.25, 0.3) is 0 Å². The molecule has 1 radical (unpaired) electrons. The Hall–Kier alpha value is -0.520. The van der Waals surface area contributed by atoms with Crippen LogP contribution in [0.15, 0.2) is 0 Å². The molecule has 0 aliphatic carbocycles. The lowest BCUT2D eigenvalue weighted by Gasteiger charge is -2.26. The number of morpholine rings is 1. The lowest BCUT2D eigenvalue weighted by molar-refractivity contribution is 0.0376. The number of hydrogen-bond donors (Lipinski definition) is 0. The number of rotatable bonds is 3. The van der Waals surface area contributed by atoms with Crippen molar-refractivity contribution >= 4 is 0 Å². The van der Waals surface area contributed by atoms with Crippen LogP contribution in [-0.2, 0) is 4.74 Å². The molecule has 0 spiro atoms. The highest BCUT2D eigenvalue weighted by Crippen LogP contribution is 1.98. The van der Waals surface area contributed by atoms with Gasteiger partial charge in [-0.25, -0.2) is 0 Å². The fraction of sp³-hybridized carbons (Fsp3) is 0.778. The van der Waals surface area contributed by atoms with Crippen molar-refractivity contribution in [2.45, 2.75) is 12.8 Å². The SMILES string of the molecule is [C]#CCCCN1CCOCC1. The zero-order valence-corrected chi connectivity index (χ0v) is 6.81. The molecule has 0 amide bonds. The molecule has 0 saturated carbocycles. The third kappa shape index (κ3) is 3.41. The van der Waals surface area contributed by atoms with Crippen LogP contribution in [0.2, 0.25) is 0 Å². The van der Waals surface area contributed by atoms with Crippen LogP contribution in [-0.4, -0.2) is 37.7 Å². The summed E-state index contributed by atoms with van der Waals surface area (Å²) < 4.78 is 5.21. The molecule has 1 fully saturated rings. The standard InChI is InChI=1S/C9H14NO/c1-2-3-4-5-10-6-8-11-9-7-10/h3-9H2. The molecular weight excluding hydrogens is 138 g/mol. The molecule has 2 nitrogen and oxygen atoms in total. The highest BCUT2D eigenvalue weighted by Gasteiger charge is 2.08. The molecule has 61 valence electrons. The summed E-state index contributed by atoms with van der Waals surface area (Å²) in [5, 5.41) is 0. The van der Waals surface area contributed by atoms with Gasteiger partial charge in [0.05, 0.1) is 13.2 Å². The summed E-state index contributed by atoms with van der Waals surface area (Å²) in [5.74, 6) is 2.40. The Kier molecular flexibility index (Phi) is 4.03. The average Bonchev–Trinajstić information content (AvgIpc) is 2.07. The third-order valence-corrected chi connectivity index (χ3v) is 1.88. The van der Waals surface area contributed by atoms with Gasteiger partial charge in [0.15, 0.2) is 0 Å². The molecule has 0 aromatic rings. The summed E-state index contributed by atoms with van der Waals surface area (Å²) in [5.41, 5.74) is 0. The molecule has 0 bridgehead atoms. The minimum absolute atomic E-state index is 0.789. The Morgan fingerprint density at radius 1 is 1.36 bits per heavy atom. The van der Waals surface area contributed by atoms with E-state index >= 15 is 0 Å². The predicted octanol–water partition coefficient (Wildman–Crippen LogP) is 0.689. The maximum atomic E-state index is 6.73. The van der Waals surface area contributed by atoms with Crippen LogP contribution in [0, 0.1) is 12.3 Å². The summed E-state index contributed by atoms with van der Waals surface area (Å²) in [6.45, 7) is 4.94. The van der Waals surface area contributed by atoms with Crippen molar-refractivity contribution in [3.05, 3.63) is 6.42 Å². The van der Waals surface area contributed by atoms with E-state index in [1.165, 1.54) is 0 Å². The van der Waals surface area contributed by atoms with Crippen LogP contribution in [0.3, 0.4) is 0 Å². The van der Waals surface area contributed by atoms with Gasteiger partial charge in [0.2, 0.25) is 0 Å². The van der Waals surface area contributed by atoms with Crippen molar-refractivity contribution in [3.8, 4) is 5.92 Å². The smallest absolute Gasteiger partial charge is 0.0594 e. The fourth-order valence-electron chi connectivity index (χ4n) is 1.22. The highest BCUT2D eigenvalue weighted by atomic mass is 16.5. The molecule has 1 aliphatic heterocycles. The molecule has 0 atom stereocenters. The first-order valence-electron chi connectivity index (χ1n) is 4.13. The van der Waals surface area contributed by atoms with Gasteiger partial charge in [-0.15, -0.1) is 0 Å². The second kappa shape index (κ2) is 5.17. The Morgan fingerprint density at radius 2 is 2.09 bits per heavy atom. The van der Waals surface area contributed by atoms with Crippen LogP contribution in [0.4, 0.5) is 0 Å². The molecule has 0 unspecified atom stereocenters. The van der Waals surface area contributed by atoms with E-state index < -0.39 is 0 Å². The third-order valence-electron chi connectivity index (χ3n) is 1.88. The van der Waals surface area contributed by atoms with Gasteiger partial charge < -0.3 is 4.74 Å². The van der Waals surface area contributed by atoms with Gasteiger partial charge in [-0.1, -0.05) is 5.92 Å². The van der Waals surface area contributed by atoms with E-state index in [4.69, 9.17) is 11.2 Å². The second-order valence-electron chi connectivity index (χ2n) is 2.73. The number of hydrogen-bond acceptors (Lipinski definition) is 2. The lowest BCUT2D eigenvalue weighted by Crippen LogP contribution is -2.36. The van der Waals surface area contributed by atoms with E-state index in [0.29, 0.717) is 0 Å². The fourth-order valence-corrected chi connectivity index (χ4v) is 1.22. The van der Waals surface area contributed by atoms with Crippen molar-refractivity contribution in [1.82, 2.24) is 4.90 Å². The van der Waals surface area contributed by atoms with Gasteiger partial charge in [0, 0.05) is 19.5 Å². The van der Waals surface area contributed by atoms with Crippen LogP contribution in [0.5, 0.6) is 0 Å². The molecule has 1 heterocycles. The van der Waals surface area contributed by atoms with Crippen molar-refractivity contribution < 1.29 is 4.74 Å². The zero-order valence-electron chi connectivity index (χ0n) is 6.81. The Balaban J connectivity index is 2.01. The van der Waals surface area contributed by atoms with E-state index in [2.05, 4.69) is 10.8 Å². The summed E-state index contributed by atoms with van der Waals surface area (Å²) in [6, 6.07) is 0. The quantitative estimate of drug-likeness (QED) is 0.436. The molecule has 1 aliphatic rings. The van der Waals surface area contributed by atoms with Gasteiger partial charge in [-0.2, -0.15) is 0 Å². The zero-order chi connectivity index (χ0) is 7.94. The molecule has 1 rings (SSSR count). The van der Waals surface area contributed by atoms with Crippen molar-refractivity contribution in [1.29, 1.82) is 0 Å². The Bertz CT molecular complexity index is 133. The minimum Gasteiger partial charge on any atom is -0.379 e. The van der Waals surface area contributed by atoms with E-state index in [-0.39, 0.29) is 0 Å². The first-order valence-corrected chi connectivity index (χ1v) is 4.13. The summed E-state index contributed by atoms with van der Waals surface area (Å²) in [7, 11) is 0. The second-order valence-corrected chi connectivity index (χ2v) is 2.73. The maximum Gasteiger partial charge on any atom is 0.0594 e. The minimum atomic E-state index is 0.789. The molecule has 11 heavy (non-hydrogen) atoms. The van der Waals surface area contributed by atoms with Crippen molar-refractivity contribution in [2.24, 2.45) is 0 Å². The van der Waals surface area contributed by atoms with Crippen LogP contribution >= 0.6 is 0 Å². The molecule has 0 aromatic heterocycles. The molecule has 0 N–H and O–H groups in total. The lowest BCUT2D eigenvalue weighted by atomic mass is 10.3. The summed E-state index contributed by atoms with van der Waals surface area (Å²) >= 11 is 0. The molecule has 1 saturated heterocycles. The van der Waals surface area contributed by atoms with E-state index in [9.17, 15) is 0 Å². The van der Waals surface area contributed by atoms with Gasteiger partial charge in [-0.05, 0) is 19.4 Å². The molecule has 2 heteroatoms. The van der Waals surface area contributed by atoms with Crippen molar-refractivity contribution in [3.63, 3.8) is 0 Å². The number of ether oxygens (including phenoxy) is 1. The summed E-state index contributed by atoms with van der Waals surface area (Å²) in [4.78, 5) is 2.38. The largest absolute Gasteiger partial charge is 0.379 e. The number of unbranched alkanes of at least 4 members (excludes halogenated alkanes) is 1. The van der Waals surface area contributed by atoms with Crippen LogP contribution < -0.4 is 0 Å². The normalized spacial score (nSPS) is 19.5. The van der Waals surface area contributed by atoms with Gasteiger partial charge in [0.1, 0.15) is 0 Å². The van der Waals surface area contributed by atoms with Gasteiger partial charge in [0.25, 0.3) is 0 Å². The van der Waals surface area contributed by atoms with Gasteiger partial charge in [-0.3, -0.25) is 4.90 Å². The van der Waals surface area contributed by atoms with E-state index in [1.54, 1.807) is 0 Å². The average molecular weight is 152 g/mol. The monoisotopic (exact) mass is 152 g/mol.